The first-order valence-electron chi connectivity index (χ1n) is 14.3. The number of carbonyl (C=O) groups excluding carboxylic acids is 3. The Morgan fingerprint density at radius 1 is 1.16 bits per heavy atom. The highest BCUT2D eigenvalue weighted by atomic mass is 32.2. The molecule has 1 saturated carbocycles. The summed E-state index contributed by atoms with van der Waals surface area (Å²) < 4.78 is 4.83. The Labute approximate surface area is 229 Å². The predicted octanol–water partition coefficient (Wildman–Crippen LogP) is 3.58. The fraction of sp³-hybridized carbons (Fsp3) is 0.690. The van der Waals surface area contributed by atoms with Crippen LogP contribution in [-0.2, 0) is 14.4 Å². The number of hydrogen-bond donors (Lipinski definition) is 3. The monoisotopic (exact) mass is 543 g/mol. The number of hydrogen-bond acceptors (Lipinski definition) is 6. The van der Waals surface area contributed by atoms with Gasteiger partial charge >= 0.3 is 0 Å². The van der Waals surface area contributed by atoms with Gasteiger partial charge in [0, 0.05) is 17.0 Å². The van der Waals surface area contributed by atoms with Crippen molar-refractivity contribution in [1.82, 2.24) is 10.2 Å². The summed E-state index contributed by atoms with van der Waals surface area (Å²) in [5.74, 6) is -0.742. The predicted molar refractivity (Wildman–Crippen MR) is 148 cm³/mol. The van der Waals surface area contributed by atoms with Crippen molar-refractivity contribution in [2.45, 2.75) is 93.8 Å². The fourth-order valence-corrected chi connectivity index (χ4v) is 9.83. The lowest BCUT2D eigenvalue weighted by atomic mass is 9.65. The van der Waals surface area contributed by atoms with Gasteiger partial charge in [0.2, 0.25) is 17.7 Å². The van der Waals surface area contributed by atoms with Crippen molar-refractivity contribution in [2.24, 2.45) is 17.8 Å². The van der Waals surface area contributed by atoms with Gasteiger partial charge in [-0.25, -0.2) is 0 Å². The minimum absolute atomic E-state index is 0.0250. The van der Waals surface area contributed by atoms with E-state index in [1.165, 1.54) is 6.42 Å². The molecule has 1 aliphatic carbocycles. The van der Waals surface area contributed by atoms with Gasteiger partial charge in [-0.3, -0.25) is 14.4 Å². The van der Waals surface area contributed by atoms with E-state index in [-0.39, 0.29) is 41.5 Å². The highest BCUT2D eigenvalue weighted by Gasteiger charge is 2.76. The minimum Gasteiger partial charge on any atom is -0.494 e. The maximum atomic E-state index is 14.2. The molecule has 1 spiro atoms. The van der Waals surface area contributed by atoms with Crippen molar-refractivity contribution in [3.8, 4) is 5.75 Å². The molecule has 3 N–H and O–H groups in total. The molecule has 3 amide bonds. The van der Waals surface area contributed by atoms with Gasteiger partial charge in [-0.1, -0.05) is 33.1 Å². The van der Waals surface area contributed by atoms with E-state index in [9.17, 15) is 19.5 Å². The van der Waals surface area contributed by atoms with Crippen LogP contribution in [0.3, 0.4) is 0 Å². The Kier molecular flexibility index (Phi) is 7.96. The second-order valence-corrected chi connectivity index (χ2v) is 12.9. The van der Waals surface area contributed by atoms with Crippen LogP contribution in [0, 0.1) is 17.8 Å². The summed E-state index contributed by atoms with van der Waals surface area (Å²) in [5.41, 5.74) is 0.656. The summed E-state index contributed by atoms with van der Waals surface area (Å²) in [6, 6.07) is 6.24. The third-order valence-corrected chi connectivity index (χ3v) is 11.3. The number of ether oxygens (including phenoxy) is 1. The first kappa shape index (κ1) is 27.3. The lowest BCUT2D eigenvalue weighted by Crippen LogP contribution is -2.59. The Bertz CT molecular complexity index is 1040. The number of fused-ring (bicyclic) bond motifs is 1. The number of rotatable bonds is 9. The molecule has 3 heterocycles. The summed E-state index contributed by atoms with van der Waals surface area (Å²) in [6.45, 7) is 6.33. The first-order chi connectivity index (χ1) is 18.3. The molecule has 9 heteroatoms. The van der Waals surface area contributed by atoms with Gasteiger partial charge in [0.25, 0.3) is 0 Å². The summed E-state index contributed by atoms with van der Waals surface area (Å²) in [5, 5.41) is 16.5. The molecule has 8 nitrogen and oxygen atoms in total. The van der Waals surface area contributed by atoms with Crippen molar-refractivity contribution >= 4 is 35.2 Å². The van der Waals surface area contributed by atoms with Gasteiger partial charge in [-0.15, -0.1) is 11.8 Å². The van der Waals surface area contributed by atoms with Crippen molar-refractivity contribution in [3.63, 3.8) is 0 Å². The van der Waals surface area contributed by atoms with Crippen LogP contribution < -0.4 is 15.4 Å². The Hall–Kier alpha value is -2.26. The quantitative estimate of drug-likeness (QED) is 0.440. The SMILES string of the molecule is CCOc1ccc(NC(=O)[C@@H]2[C@H]3C(=O)N([C@@H](CC)CO)C(C(=O)NC4CCCCC4)C34S[C@@H]2CC4C)cc1. The Balaban J connectivity index is 1.45. The van der Waals surface area contributed by atoms with Crippen LogP contribution in [0.25, 0.3) is 0 Å². The highest BCUT2D eigenvalue weighted by Crippen LogP contribution is 2.68. The van der Waals surface area contributed by atoms with Crippen molar-refractivity contribution < 1.29 is 24.2 Å². The molecular formula is C29H41N3O5S. The maximum absolute atomic E-state index is 14.2. The highest BCUT2D eigenvalue weighted by molar-refractivity contribution is 8.02. The lowest BCUT2D eigenvalue weighted by Gasteiger charge is -2.40. The van der Waals surface area contributed by atoms with Gasteiger partial charge in [-0.2, -0.15) is 0 Å². The molecule has 1 aromatic rings. The first-order valence-corrected chi connectivity index (χ1v) is 15.2. The van der Waals surface area contributed by atoms with E-state index >= 15 is 0 Å². The molecule has 0 aromatic heterocycles. The van der Waals surface area contributed by atoms with E-state index < -0.39 is 28.7 Å². The molecule has 4 fully saturated rings. The zero-order valence-electron chi connectivity index (χ0n) is 22.7. The molecule has 2 bridgehead atoms. The zero-order valence-corrected chi connectivity index (χ0v) is 23.5. The number of aliphatic hydroxyl groups excluding tert-OH is 1. The normalized spacial score (nSPS) is 33.2. The van der Waals surface area contributed by atoms with E-state index in [1.807, 2.05) is 38.1 Å². The van der Waals surface area contributed by atoms with Crippen LogP contribution >= 0.6 is 11.8 Å². The summed E-state index contributed by atoms with van der Waals surface area (Å²) in [6.07, 6.45) is 6.63. The number of anilines is 1. The van der Waals surface area contributed by atoms with E-state index in [0.717, 1.165) is 37.9 Å². The molecule has 5 rings (SSSR count). The molecule has 4 aliphatic rings. The summed E-state index contributed by atoms with van der Waals surface area (Å²) in [4.78, 5) is 43.6. The lowest BCUT2D eigenvalue weighted by molar-refractivity contribution is -0.142. The summed E-state index contributed by atoms with van der Waals surface area (Å²) in [7, 11) is 0. The zero-order chi connectivity index (χ0) is 27.0. The molecule has 3 aliphatic heterocycles. The average molecular weight is 544 g/mol. The van der Waals surface area contributed by atoms with E-state index in [1.54, 1.807) is 16.7 Å². The molecule has 38 heavy (non-hydrogen) atoms. The van der Waals surface area contributed by atoms with Crippen LogP contribution in [0.1, 0.15) is 65.7 Å². The van der Waals surface area contributed by atoms with E-state index in [4.69, 9.17) is 4.74 Å². The number of nitrogens with one attached hydrogen (secondary N) is 2. The number of thioether (sulfide) groups is 1. The average Bonchev–Trinajstić information content (AvgIpc) is 3.51. The maximum Gasteiger partial charge on any atom is 0.244 e. The van der Waals surface area contributed by atoms with Gasteiger partial charge in [-0.05, 0) is 62.8 Å². The van der Waals surface area contributed by atoms with Crippen LogP contribution in [0.4, 0.5) is 5.69 Å². The molecule has 7 atom stereocenters. The van der Waals surface area contributed by atoms with E-state index in [0.29, 0.717) is 18.7 Å². The number of aliphatic hydroxyl groups is 1. The van der Waals surface area contributed by atoms with Gasteiger partial charge in [0.05, 0.1) is 35.8 Å². The smallest absolute Gasteiger partial charge is 0.244 e. The summed E-state index contributed by atoms with van der Waals surface area (Å²) >= 11 is 1.67. The van der Waals surface area contributed by atoms with Crippen LogP contribution in [0.2, 0.25) is 0 Å². The number of carbonyl (C=O) groups is 3. The number of amides is 3. The molecule has 208 valence electrons. The van der Waals surface area contributed by atoms with Gasteiger partial charge < -0.3 is 25.4 Å². The third kappa shape index (κ3) is 4.49. The number of nitrogens with zero attached hydrogens (tertiary/aromatic N) is 1. The Morgan fingerprint density at radius 3 is 2.50 bits per heavy atom. The topological polar surface area (TPSA) is 108 Å². The largest absolute Gasteiger partial charge is 0.494 e. The molecule has 1 aromatic carbocycles. The van der Waals surface area contributed by atoms with Crippen molar-refractivity contribution in [3.05, 3.63) is 24.3 Å². The van der Waals surface area contributed by atoms with E-state index in [2.05, 4.69) is 17.6 Å². The Morgan fingerprint density at radius 2 is 1.87 bits per heavy atom. The second kappa shape index (κ2) is 11.1. The second-order valence-electron chi connectivity index (χ2n) is 11.3. The minimum atomic E-state index is -0.688. The van der Waals surface area contributed by atoms with Gasteiger partial charge in [0.15, 0.2) is 0 Å². The van der Waals surface area contributed by atoms with Crippen molar-refractivity contribution in [1.29, 1.82) is 0 Å². The number of likely N-dealkylation sites (tertiary alicyclic amines) is 1. The molecule has 3 saturated heterocycles. The molecule has 0 radical (unpaired) electrons. The fourth-order valence-electron chi connectivity index (χ4n) is 7.42. The van der Waals surface area contributed by atoms with Crippen LogP contribution in [0.15, 0.2) is 24.3 Å². The van der Waals surface area contributed by atoms with Crippen LogP contribution in [0.5, 0.6) is 5.75 Å². The van der Waals surface area contributed by atoms with Crippen molar-refractivity contribution in [2.75, 3.05) is 18.5 Å². The molecular weight excluding hydrogens is 502 g/mol. The third-order valence-electron chi connectivity index (χ3n) is 9.19. The van der Waals surface area contributed by atoms with Crippen LogP contribution in [-0.4, -0.2) is 69.1 Å². The number of benzene rings is 1. The molecule has 3 unspecified atom stereocenters. The van der Waals surface area contributed by atoms with Gasteiger partial charge in [0.1, 0.15) is 11.8 Å². The standard InChI is InChI=1S/C29H41N3O5S/c1-4-20(16-33)32-25(27(35)31-18-9-7-6-8-10-18)29-17(3)15-22(38-29)23(24(29)28(32)36)26(34)30-19-11-13-21(14-12-19)37-5-2/h11-14,17-18,20,22-25,33H,4-10,15-16H2,1-3H3,(H,30,34)(H,31,35)/t17?,20-,22+,23-,24-,25?,29?/m0/s1.